The van der Waals surface area contributed by atoms with Crippen LogP contribution in [0.25, 0.3) is 0 Å². The van der Waals surface area contributed by atoms with Crippen LogP contribution in [-0.2, 0) is 29.0 Å². The van der Waals surface area contributed by atoms with Crippen molar-refractivity contribution in [2.75, 3.05) is 19.7 Å². The van der Waals surface area contributed by atoms with E-state index in [1.807, 2.05) is 6.20 Å². The Hall–Kier alpha value is -3.04. The lowest BCUT2D eigenvalue weighted by Crippen LogP contribution is -2.48. The Morgan fingerprint density at radius 1 is 1.11 bits per heavy atom. The van der Waals surface area contributed by atoms with Gasteiger partial charge in [0, 0.05) is 50.9 Å². The van der Waals surface area contributed by atoms with Crippen molar-refractivity contribution in [3.63, 3.8) is 0 Å². The molecule has 2 bridgehead atoms. The minimum Gasteiger partial charge on any atom is -0.493 e. The molecule has 4 N–H and O–H groups in total. The van der Waals surface area contributed by atoms with Crippen LogP contribution in [-0.4, -0.2) is 53.7 Å². The molecule has 196 valence electrons. The van der Waals surface area contributed by atoms with Gasteiger partial charge in [-0.15, -0.1) is 0 Å². The van der Waals surface area contributed by atoms with Crippen molar-refractivity contribution >= 4 is 11.8 Å². The highest BCUT2D eigenvalue weighted by atomic mass is 19.1. The second-order valence-corrected chi connectivity index (χ2v) is 9.19. The minimum atomic E-state index is -0.922. The molecular weight excluding hydrogens is 463 g/mol. The van der Waals surface area contributed by atoms with Gasteiger partial charge in [-0.2, -0.15) is 0 Å². The number of fused-ring (bicyclic) bond motifs is 2. The monoisotopic (exact) mass is 500 g/mol. The molecule has 36 heavy (non-hydrogen) atoms. The number of aliphatic hydroxyl groups is 1. The summed E-state index contributed by atoms with van der Waals surface area (Å²) in [6.07, 6.45) is 6.10. The average molecular weight is 501 g/mol. The molecule has 1 aromatic carbocycles. The third-order valence-corrected chi connectivity index (χ3v) is 6.11. The van der Waals surface area contributed by atoms with E-state index in [0.717, 1.165) is 30.4 Å². The molecule has 0 fully saturated rings. The summed E-state index contributed by atoms with van der Waals surface area (Å²) in [6.45, 7) is 3.74. The van der Waals surface area contributed by atoms with Crippen molar-refractivity contribution in [3.8, 4) is 5.75 Å². The van der Waals surface area contributed by atoms with Crippen molar-refractivity contribution in [2.24, 2.45) is 0 Å². The Kier molecular flexibility index (Phi) is 11.1. The predicted molar refractivity (Wildman–Crippen MR) is 135 cm³/mol. The van der Waals surface area contributed by atoms with Crippen LogP contribution in [0.5, 0.6) is 5.75 Å². The molecular formula is C27H37FN4O4. The van der Waals surface area contributed by atoms with Gasteiger partial charge in [-0.05, 0) is 60.9 Å². The zero-order valence-electron chi connectivity index (χ0n) is 20.9. The number of pyridine rings is 1. The molecule has 0 radical (unpaired) electrons. The summed E-state index contributed by atoms with van der Waals surface area (Å²) < 4.78 is 20.0. The van der Waals surface area contributed by atoms with Gasteiger partial charge >= 0.3 is 0 Å². The first-order valence-corrected chi connectivity index (χ1v) is 12.7. The van der Waals surface area contributed by atoms with E-state index in [2.05, 4.69) is 33.9 Å². The summed E-state index contributed by atoms with van der Waals surface area (Å²) in [7, 11) is 0. The number of halogens is 1. The first kappa shape index (κ1) is 27.5. The van der Waals surface area contributed by atoms with Gasteiger partial charge in [0.2, 0.25) is 11.8 Å². The summed E-state index contributed by atoms with van der Waals surface area (Å²) >= 11 is 0. The number of aliphatic hydroxyl groups excluding tert-OH is 1. The van der Waals surface area contributed by atoms with Crippen LogP contribution in [0.3, 0.4) is 0 Å². The first-order chi connectivity index (χ1) is 17.4. The number of benzene rings is 1. The van der Waals surface area contributed by atoms with Gasteiger partial charge in [-0.1, -0.05) is 13.0 Å². The molecule has 2 heterocycles. The van der Waals surface area contributed by atoms with E-state index < -0.39 is 18.0 Å². The molecule has 3 rings (SSSR count). The zero-order valence-corrected chi connectivity index (χ0v) is 20.9. The van der Waals surface area contributed by atoms with Crippen molar-refractivity contribution in [2.45, 2.75) is 70.6 Å². The minimum absolute atomic E-state index is 0.0934. The molecule has 2 unspecified atom stereocenters. The van der Waals surface area contributed by atoms with Gasteiger partial charge < -0.3 is 25.8 Å². The molecule has 1 aliphatic rings. The molecule has 2 aromatic rings. The Labute approximate surface area is 212 Å². The Bertz CT molecular complexity index is 1000. The second-order valence-electron chi connectivity index (χ2n) is 9.19. The van der Waals surface area contributed by atoms with Crippen LogP contribution in [0.15, 0.2) is 36.7 Å². The Balaban J connectivity index is 1.69. The van der Waals surface area contributed by atoms with E-state index in [1.165, 1.54) is 12.1 Å². The second kappa shape index (κ2) is 14.5. The van der Waals surface area contributed by atoms with Crippen LogP contribution in [0, 0.1) is 5.82 Å². The van der Waals surface area contributed by atoms with Crippen molar-refractivity contribution in [1.29, 1.82) is 0 Å². The van der Waals surface area contributed by atoms with Gasteiger partial charge in [0.15, 0.2) is 0 Å². The third kappa shape index (κ3) is 9.54. The lowest BCUT2D eigenvalue weighted by molar-refractivity contribution is -0.123. The van der Waals surface area contributed by atoms with E-state index in [-0.39, 0.29) is 37.6 Å². The fourth-order valence-corrected chi connectivity index (χ4v) is 4.12. The molecule has 1 aromatic heterocycles. The number of rotatable bonds is 6. The number of aryl methyl sites for hydroxylation is 1. The normalized spacial score (nSPS) is 18.9. The average Bonchev–Trinajstić information content (AvgIpc) is 2.85. The Morgan fingerprint density at radius 3 is 2.75 bits per heavy atom. The predicted octanol–water partition coefficient (Wildman–Crippen LogP) is 2.42. The summed E-state index contributed by atoms with van der Waals surface area (Å²) in [5.74, 6) is -0.388. The maximum absolute atomic E-state index is 14.3. The van der Waals surface area contributed by atoms with Gasteiger partial charge in [-0.25, -0.2) is 4.39 Å². The van der Waals surface area contributed by atoms with E-state index in [0.29, 0.717) is 37.4 Å². The molecule has 9 heteroatoms. The Morgan fingerprint density at radius 2 is 1.92 bits per heavy atom. The van der Waals surface area contributed by atoms with Crippen LogP contribution >= 0.6 is 0 Å². The highest BCUT2D eigenvalue weighted by Gasteiger charge is 2.22. The number of aromatic nitrogens is 1. The van der Waals surface area contributed by atoms with Gasteiger partial charge in [0.05, 0.1) is 18.8 Å². The van der Waals surface area contributed by atoms with E-state index in [9.17, 15) is 19.1 Å². The number of nitrogens with zero attached hydrogens (tertiary/aromatic N) is 1. The fourth-order valence-electron chi connectivity index (χ4n) is 4.12. The fraction of sp³-hybridized carbons (Fsp3) is 0.519. The summed E-state index contributed by atoms with van der Waals surface area (Å²) in [5.41, 5.74) is 2.76. The number of hydrogen-bond acceptors (Lipinski definition) is 6. The van der Waals surface area contributed by atoms with Crippen molar-refractivity contribution in [3.05, 3.63) is 59.2 Å². The van der Waals surface area contributed by atoms with Crippen LogP contribution in [0.4, 0.5) is 4.39 Å². The zero-order chi connectivity index (χ0) is 25.8. The number of carbonyl (C=O) groups excluding carboxylic acids is 2. The maximum atomic E-state index is 14.3. The number of amides is 2. The molecule has 0 aliphatic carbocycles. The summed E-state index contributed by atoms with van der Waals surface area (Å²) in [4.78, 5) is 28.8. The number of hydrogen-bond donors (Lipinski definition) is 4. The van der Waals surface area contributed by atoms with E-state index in [4.69, 9.17) is 4.74 Å². The highest BCUT2D eigenvalue weighted by molar-refractivity contribution is 5.79. The summed E-state index contributed by atoms with van der Waals surface area (Å²) in [6, 6.07) is 5.87. The lowest BCUT2D eigenvalue weighted by atomic mass is 10.00. The largest absolute Gasteiger partial charge is 0.493 e. The molecule has 0 spiro atoms. The highest BCUT2D eigenvalue weighted by Crippen LogP contribution is 2.19. The van der Waals surface area contributed by atoms with Gasteiger partial charge in [-0.3, -0.25) is 14.6 Å². The molecule has 0 saturated heterocycles. The third-order valence-electron chi connectivity index (χ3n) is 6.11. The smallest absolute Gasteiger partial charge is 0.220 e. The standard InChI is InChI=1S/C27H37FN4O4/c1-2-19-10-21(16-29-15-19)17-30-18-25(33)24-13-20-11-22(28)14-23(12-20)36-9-4-3-8-31-26(34)6-5-7-27(35)32-24/h10-12,14-16,24-25,30,33H,2-9,13,17-18H2,1H3,(H,31,34)(H,32,35). The number of ether oxygens (including phenoxy) is 1. The molecule has 2 atom stereocenters. The molecule has 8 nitrogen and oxygen atoms in total. The van der Waals surface area contributed by atoms with Crippen LogP contribution in [0.2, 0.25) is 0 Å². The first-order valence-electron chi connectivity index (χ1n) is 12.7. The van der Waals surface area contributed by atoms with Crippen LogP contribution < -0.4 is 20.7 Å². The van der Waals surface area contributed by atoms with E-state index in [1.54, 1.807) is 12.3 Å². The van der Waals surface area contributed by atoms with Crippen molar-refractivity contribution < 1.29 is 23.8 Å². The van der Waals surface area contributed by atoms with Gasteiger partial charge in [0.25, 0.3) is 0 Å². The number of nitrogens with one attached hydrogen (secondary N) is 3. The maximum Gasteiger partial charge on any atom is 0.220 e. The van der Waals surface area contributed by atoms with Crippen LogP contribution in [0.1, 0.15) is 55.7 Å². The lowest BCUT2D eigenvalue weighted by Gasteiger charge is -2.25. The SMILES string of the molecule is CCc1cncc(CNCC(O)C2Cc3cc(F)cc(c3)OCCCCNC(=O)CCCC(=O)N2)c1. The molecule has 2 amide bonds. The number of carbonyl (C=O) groups is 2. The molecule has 1 aliphatic heterocycles. The van der Waals surface area contributed by atoms with Crippen molar-refractivity contribution in [1.82, 2.24) is 20.9 Å². The van der Waals surface area contributed by atoms with Gasteiger partial charge in [0.1, 0.15) is 11.6 Å². The quantitative estimate of drug-likeness (QED) is 0.485. The molecule has 0 saturated carbocycles. The van der Waals surface area contributed by atoms with E-state index >= 15 is 0 Å². The summed E-state index contributed by atoms with van der Waals surface area (Å²) in [5, 5.41) is 19.9. The topological polar surface area (TPSA) is 113 Å².